The van der Waals surface area contributed by atoms with Crippen molar-refractivity contribution in [3.63, 3.8) is 0 Å². The van der Waals surface area contributed by atoms with Crippen LogP contribution in [0.2, 0.25) is 0 Å². The molecule has 0 unspecified atom stereocenters. The molecule has 0 aliphatic heterocycles. The van der Waals surface area contributed by atoms with Crippen molar-refractivity contribution in [3.05, 3.63) is 0 Å². The number of nitrogens with one attached hydrogen (secondary N) is 1. The molecular formula is C6H16N2. The zero-order chi connectivity index (χ0) is 6.57. The zero-order valence-corrected chi connectivity index (χ0v) is 5.94. The van der Waals surface area contributed by atoms with Gasteiger partial charge in [0.15, 0.2) is 0 Å². The van der Waals surface area contributed by atoms with Crippen molar-refractivity contribution >= 4 is 0 Å². The molecule has 0 aliphatic rings. The number of hydrogen-bond donors (Lipinski definition) is 2. The Kier molecular flexibility index (Phi) is 3.83. The molecule has 0 amide bonds. The molecule has 2 nitrogen and oxygen atoms in total. The van der Waals surface area contributed by atoms with Crippen LogP contribution < -0.4 is 11.1 Å². The first-order chi connectivity index (χ1) is 3.66. The molecule has 0 rings (SSSR count). The Morgan fingerprint density at radius 1 is 1.50 bits per heavy atom. The van der Waals surface area contributed by atoms with E-state index in [0.29, 0.717) is 5.92 Å². The molecule has 0 aromatic carbocycles. The standard InChI is InChI=1S/C6H16N2/c1-5(2)4-6(7)8-3/h5-6,8H,4,7H2,1-3H3/t6-/m1/s1. The third kappa shape index (κ3) is 4.09. The fourth-order valence-electron chi connectivity index (χ4n) is 0.626. The molecule has 0 fully saturated rings. The van der Waals surface area contributed by atoms with E-state index in [4.69, 9.17) is 5.73 Å². The van der Waals surface area contributed by atoms with E-state index in [1.807, 2.05) is 7.05 Å². The predicted molar refractivity (Wildman–Crippen MR) is 36.5 cm³/mol. The molecule has 0 saturated carbocycles. The highest BCUT2D eigenvalue weighted by molar-refractivity contribution is 4.56. The van der Waals surface area contributed by atoms with Crippen LogP contribution in [0.25, 0.3) is 0 Å². The monoisotopic (exact) mass is 116 g/mol. The lowest BCUT2D eigenvalue weighted by Gasteiger charge is -2.11. The van der Waals surface area contributed by atoms with Crippen LogP contribution in [-0.2, 0) is 0 Å². The maximum atomic E-state index is 5.56. The molecule has 8 heavy (non-hydrogen) atoms. The second-order valence-corrected chi connectivity index (χ2v) is 2.52. The number of nitrogens with two attached hydrogens (primary N) is 1. The van der Waals surface area contributed by atoms with Gasteiger partial charge in [-0.25, -0.2) is 0 Å². The van der Waals surface area contributed by atoms with Gasteiger partial charge in [-0.2, -0.15) is 0 Å². The summed E-state index contributed by atoms with van der Waals surface area (Å²) in [5.74, 6) is 0.692. The molecule has 1 atom stereocenters. The molecule has 0 saturated heterocycles. The van der Waals surface area contributed by atoms with E-state index >= 15 is 0 Å². The smallest absolute Gasteiger partial charge is 0.0546 e. The normalized spacial score (nSPS) is 14.6. The molecule has 50 valence electrons. The molecule has 0 aromatic heterocycles. The van der Waals surface area contributed by atoms with Gasteiger partial charge < -0.3 is 11.1 Å². The van der Waals surface area contributed by atoms with Gasteiger partial charge in [-0.15, -0.1) is 0 Å². The Bertz CT molecular complexity index is 52.5. The van der Waals surface area contributed by atoms with Crippen LogP contribution in [0, 0.1) is 5.92 Å². The van der Waals surface area contributed by atoms with Crippen molar-refractivity contribution in [1.29, 1.82) is 0 Å². The average molecular weight is 116 g/mol. The van der Waals surface area contributed by atoms with Crippen LogP contribution in [0.4, 0.5) is 0 Å². The zero-order valence-electron chi connectivity index (χ0n) is 5.94. The highest BCUT2D eigenvalue weighted by Crippen LogP contribution is 1.98. The summed E-state index contributed by atoms with van der Waals surface area (Å²) in [5, 5.41) is 2.97. The molecule has 0 aromatic rings. The highest BCUT2D eigenvalue weighted by atomic mass is 15.0. The Balaban J connectivity index is 3.10. The Morgan fingerprint density at radius 2 is 2.00 bits per heavy atom. The van der Waals surface area contributed by atoms with Crippen LogP contribution in [0.15, 0.2) is 0 Å². The van der Waals surface area contributed by atoms with E-state index in [9.17, 15) is 0 Å². The van der Waals surface area contributed by atoms with E-state index in [1.165, 1.54) is 0 Å². The average Bonchev–Trinajstić information content (AvgIpc) is 1.65. The molecule has 0 heterocycles. The summed E-state index contributed by atoms with van der Waals surface area (Å²) in [6.45, 7) is 4.33. The third-order valence-corrected chi connectivity index (χ3v) is 1.10. The van der Waals surface area contributed by atoms with Gasteiger partial charge in [0.2, 0.25) is 0 Å². The van der Waals surface area contributed by atoms with Crippen LogP contribution >= 0.6 is 0 Å². The summed E-state index contributed by atoms with van der Waals surface area (Å²) in [6, 6.07) is 0. The predicted octanol–water partition coefficient (Wildman–Crippen LogP) is 0.537. The molecule has 0 spiro atoms. The van der Waals surface area contributed by atoms with Gasteiger partial charge in [0.25, 0.3) is 0 Å². The number of rotatable bonds is 3. The van der Waals surface area contributed by atoms with Gasteiger partial charge in [-0.05, 0) is 19.4 Å². The van der Waals surface area contributed by atoms with Gasteiger partial charge in [-0.3, -0.25) is 0 Å². The minimum atomic E-state index is 0.176. The minimum Gasteiger partial charge on any atom is -0.316 e. The molecule has 3 N–H and O–H groups in total. The first kappa shape index (κ1) is 7.92. The first-order valence-electron chi connectivity index (χ1n) is 3.09. The van der Waals surface area contributed by atoms with Crippen LogP contribution in [0.1, 0.15) is 20.3 Å². The summed E-state index contributed by atoms with van der Waals surface area (Å²) < 4.78 is 0. The van der Waals surface area contributed by atoms with E-state index in [-0.39, 0.29) is 6.17 Å². The molecule has 0 radical (unpaired) electrons. The van der Waals surface area contributed by atoms with Crippen molar-refractivity contribution in [2.75, 3.05) is 7.05 Å². The van der Waals surface area contributed by atoms with E-state index in [2.05, 4.69) is 19.2 Å². The lowest BCUT2D eigenvalue weighted by Crippen LogP contribution is -2.35. The summed E-state index contributed by atoms with van der Waals surface area (Å²) in [4.78, 5) is 0. The minimum absolute atomic E-state index is 0.176. The van der Waals surface area contributed by atoms with E-state index in [1.54, 1.807) is 0 Å². The van der Waals surface area contributed by atoms with Gasteiger partial charge in [0.05, 0.1) is 6.17 Å². The van der Waals surface area contributed by atoms with Crippen LogP contribution in [0.3, 0.4) is 0 Å². The quantitative estimate of drug-likeness (QED) is 0.528. The molecule has 0 aliphatic carbocycles. The van der Waals surface area contributed by atoms with Gasteiger partial charge in [0.1, 0.15) is 0 Å². The number of hydrogen-bond acceptors (Lipinski definition) is 2. The van der Waals surface area contributed by atoms with Crippen molar-refractivity contribution in [3.8, 4) is 0 Å². The van der Waals surface area contributed by atoms with Crippen molar-refractivity contribution in [2.24, 2.45) is 11.7 Å². The third-order valence-electron chi connectivity index (χ3n) is 1.10. The van der Waals surface area contributed by atoms with Crippen molar-refractivity contribution < 1.29 is 0 Å². The SMILES string of the molecule is CN[C@@H](N)CC(C)C. The maximum Gasteiger partial charge on any atom is 0.0546 e. The Morgan fingerprint density at radius 3 is 2.12 bits per heavy atom. The molecule has 0 bridgehead atoms. The van der Waals surface area contributed by atoms with Gasteiger partial charge >= 0.3 is 0 Å². The second kappa shape index (κ2) is 3.87. The Hall–Kier alpha value is -0.0800. The van der Waals surface area contributed by atoms with Gasteiger partial charge in [-0.1, -0.05) is 13.8 Å². The van der Waals surface area contributed by atoms with Crippen LogP contribution in [-0.4, -0.2) is 13.2 Å². The second-order valence-electron chi connectivity index (χ2n) is 2.52. The summed E-state index contributed by atoms with van der Waals surface area (Å²) in [6.07, 6.45) is 1.23. The van der Waals surface area contributed by atoms with E-state index < -0.39 is 0 Å². The van der Waals surface area contributed by atoms with Crippen molar-refractivity contribution in [1.82, 2.24) is 5.32 Å². The maximum absolute atomic E-state index is 5.56. The topological polar surface area (TPSA) is 38.0 Å². The summed E-state index contributed by atoms with van der Waals surface area (Å²) in [7, 11) is 1.88. The highest BCUT2D eigenvalue weighted by Gasteiger charge is 1.99. The summed E-state index contributed by atoms with van der Waals surface area (Å²) >= 11 is 0. The fourth-order valence-corrected chi connectivity index (χ4v) is 0.626. The van der Waals surface area contributed by atoms with Gasteiger partial charge in [0, 0.05) is 0 Å². The lowest BCUT2D eigenvalue weighted by molar-refractivity contribution is 0.454. The molecular weight excluding hydrogens is 100 g/mol. The molecule has 2 heteroatoms. The fraction of sp³-hybridized carbons (Fsp3) is 1.00. The lowest BCUT2D eigenvalue weighted by atomic mass is 10.1. The Labute approximate surface area is 51.5 Å². The van der Waals surface area contributed by atoms with E-state index in [0.717, 1.165) is 6.42 Å². The largest absolute Gasteiger partial charge is 0.316 e. The first-order valence-corrected chi connectivity index (χ1v) is 3.09. The van der Waals surface area contributed by atoms with Crippen molar-refractivity contribution in [2.45, 2.75) is 26.4 Å². The van der Waals surface area contributed by atoms with Crippen LogP contribution in [0.5, 0.6) is 0 Å². The summed E-state index contributed by atoms with van der Waals surface area (Å²) in [5.41, 5.74) is 5.56.